The number of hydrogen-bond donors (Lipinski definition) is 0. The molecule has 5 rings (SSSR count). The summed E-state index contributed by atoms with van der Waals surface area (Å²) in [7, 11) is -3.98. The van der Waals surface area contributed by atoms with Crippen molar-refractivity contribution in [1.82, 2.24) is 14.1 Å². The van der Waals surface area contributed by atoms with Crippen LogP contribution < -0.4 is 9.64 Å². The second-order valence-electron chi connectivity index (χ2n) is 11.2. The summed E-state index contributed by atoms with van der Waals surface area (Å²) in [5.41, 5.74) is 3.10. The van der Waals surface area contributed by atoms with E-state index in [-0.39, 0.29) is 46.2 Å². The van der Waals surface area contributed by atoms with Gasteiger partial charge in [0.2, 0.25) is 10.0 Å². The molecule has 9 nitrogen and oxygen atoms in total. The largest absolute Gasteiger partial charge is 0.481 e. The molecule has 1 atom stereocenters. The van der Waals surface area contributed by atoms with Crippen LogP contribution in [0.1, 0.15) is 28.4 Å². The molecule has 0 aromatic heterocycles. The molecule has 1 unspecified atom stereocenters. The highest BCUT2D eigenvalue weighted by atomic mass is 35.5. The molecule has 3 aromatic rings. The van der Waals surface area contributed by atoms with Crippen molar-refractivity contribution in [2.75, 3.05) is 57.3 Å². The van der Waals surface area contributed by atoms with Gasteiger partial charge >= 0.3 is 0 Å². The maximum Gasteiger partial charge on any atom is 0.263 e. The second kappa shape index (κ2) is 13.1. The molecule has 2 amide bonds. The van der Waals surface area contributed by atoms with Crippen LogP contribution in [0.3, 0.4) is 0 Å². The molecule has 2 fully saturated rings. The summed E-state index contributed by atoms with van der Waals surface area (Å²) < 4.78 is 47.8. The molecule has 0 N–H and O–H groups in total. The number of aryl methyl sites for hydroxylation is 2. The average Bonchev–Trinajstić information content (AvgIpc) is 3.02. The Morgan fingerprint density at radius 3 is 2.11 bits per heavy atom. The number of benzene rings is 3. The molecule has 2 aliphatic heterocycles. The molecule has 12 heteroatoms. The molecule has 44 heavy (non-hydrogen) atoms. The third-order valence-electron chi connectivity index (χ3n) is 8.09. The fourth-order valence-corrected chi connectivity index (χ4v) is 7.48. The molecular formula is C32H36ClFN4O5S. The summed E-state index contributed by atoms with van der Waals surface area (Å²) in [5.74, 6) is -0.154. The third kappa shape index (κ3) is 6.85. The van der Waals surface area contributed by atoms with Gasteiger partial charge in [0.1, 0.15) is 16.5 Å². The molecule has 234 valence electrons. The molecule has 0 radical (unpaired) electrons. The third-order valence-corrected chi connectivity index (χ3v) is 10.5. The highest BCUT2D eigenvalue weighted by Gasteiger charge is 2.33. The van der Waals surface area contributed by atoms with Crippen molar-refractivity contribution in [3.05, 3.63) is 88.2 Å². The first-order valence-corrected chi connectivity index (χ1v) is 16.4. The van der Waals surface area contributed by atoms with E-state index in [9.17, 15) is 22.4 Å². The summed E-state index contributed by atoms with van der Waals surface area (Å²) in [5, 5.41) is 0.0377. The Labute approximate surface area is 262 Å². The number of piperazine rings is 2. The smallest absolute Gasteiger partial charge is 0.263 e. The van der Waals surface area contributed by atoms with Crippen LogP contribution in [0.25, 0.3) is 0 Å². The summed E-state index contributed by atoms with van der Waals surface area (Å²) in [6, 6.07) is 16.2. The Bertz CT molecular complexity index is 1640. The van der Waals surface area contributed by atoms with Crippen molar-refractivity contribution < 1.29 is 27.1 Å². The van der Waals surface area contributed by atoms with Gasteiger partial charge in [-0.05, 0) is 74.9 Å². The van der Waals surface area contributed by atoms with E-state index in [4.69, 9.17) is 16.3 Å². The molecule has 2 saturated heterocycles. The molecule has 0 aliphatic carbocycles. The predicted octanol–water partition coefficient (Wildman–Crippen LogP) is 4.36. The number of amides is 2. The van der Waals surface area contributed by atoms with Crippen molar-refractivity contribution in [1.29, 1.82) is 0 Å². The summed E-state index contributed by atoms with van der Waals surface area (Å²) in [4.78, 5) is 31.7. The zero-order valence-electron chi connectivity index (χ0n) is 25.0. The van der Waals surface area contributed by atoms with Gasteiger partial charge in [-0.15, -0.1) is 0 Å². The van der Waals surface area contributed by atoms with Crippen LogP contribution in [-0.4, -0.2) is 92.8 Å². The second-order valence-corrected chi connectivity index (χ2v) is 13.5. The zero-order chi connectivity index (χ0) is 31.6. The number of carbonyl (C=O) groups is 2. The molecule has 0 bridgehead atoms. The molecule has 3 aromatic carbocycles. The monoisotopic (exact) mass is 642 g/mol. The van der Waals surface area contributed by atoms with Crippen molar-refractivity contribution in [3.63, 3.8) is 0 Å². The lowest BCUT2D eigenvalue weighted by molar-refractivity contribution is -0.139. The first-order chi connectivity index (χ1) is 20.9. The maximum absolute atomic E-state index is 13.6. The quantitative estimate of drug-likeness (QED) is 0.381. The Balaban J connectivity index is 1.20. The number of sulfonamides is 1. The van der Waals surface area contributed by atoms with Crippen molar-refractivity contribution >= 4 is 39.1 Å². The molecule has 0 spiro atoms. The molecular weight excluding hydrogens is 607 g/mol. The fraction of sp³-hybridized carbons (Fsp3) is 0.375. The predicted molar refractivity (Wildman–Crippen MR) is 167 cm³/mol. The van der Waals surface area contributed by atoms with E-state index in [0.717, 1.165) is 16.8 Å². The number of halogens is 2. The Morgan fingerprint density at radius 2 is 1.48 bits per heavy atom. The lowest BCUT2D eigenvalue weighted by atomic mass is 10.1. The number of ether oxygens (including phenoxy) is 1. The standard InChI is InChI=1S/C32H36ClFN4O5S/c1-22-4-11-29(23(2)20-22)43-24(3)31(39)36-12-14-37(15-13-36)32(40)25-5-10-28(33)30(21-25)44(41,42)38-18-16-35(17-19-38)27-8-6-26(34)7-9-27/h4-11,20-21,24H,12-19H2,1-3H3. The normalized spacial score (nSPS) is 17.0. The van der Waals surface area contributed by atoms with Gasteiger partial charge in [0, 0.05) is 63.6 Å². The molecule has 2 heterocycles. The van der Waals surface area contributed by atoms with Gasteiger partial charge in [-0.25, -0.2) is 12.8 Å². The SMILES string of the molecule is Cc1ccc(OC(C)C(=O)N2CCN(C(=O)c3ccc(Cl)c(S(=O)(=O)N4CCN(c5ccc(F)cc5)CC4)c3)CC2)c(C)c1. The lowest BCUT2D eigenvalue weighted by Crippen LogP contribution is -2.53. The van der Waals surface area contributed by atoms with Crippen molar-refractivity contribution in [2.45, 2.75) is 31.8 Å². The first kappa shape index (κ1) is 31.7. The minimum absolute atomic E-state index is 0.0377. The van der Waals surface area contributed by atoms with Crippen LogP contribution in [0.15, 0.2) is 65.6 Å². The highest BCUT2D eigenvalue weighted by Crippen LogP contribution is 2.28. The number of carbonyl (C=O) groups excluding carboxylic acids is 2. The molecule has 2 aliphatic rings. The number of nitrogens with zero attached hydrogens (tertiary/aromatic N) is 4. The highest BCUT2D eigenvalue weighted by molar-refractivity contribution is 7.89. The van der Waals surface area contributed by atoms with Crippen LogP contribution in [0.2, 0.25) is 5.02 Å². The summed E-state index contributed by atoms with van der Waals surface area (Å²) in [6.45, 7) is 8.22. The van der Waals surface area contributed by atoms with Gasteiger partial charge in [0.25, 0.3) is 11.8 Å². The van der Waals surface area contributed by atoms with Crippen LogP contribution in [0.4, 0.5) is 10.1 Å². The van der Waals surface area contributed by atoms with Gasteiger partial charge in [0.15, 0.2) is 6.10 Å². The van der Waals surface area contributed by atoms with E-state index < -0.39 is 16.1 Å². The molecule has 0 saturated carbocycles. The van der Waals surface area contributed by atoms with Gasteiger partial charge in [0.05, 0.1) is 5.02 Å². The fourth-order valence-electron chi connectivity index (χ4n) is 5.55. The topological polar surface area (TPSA) is 90.5 Å². The van der Waals surface area contributed by atoms with E-state index >= 15 is 0 Å². The van der Waals surface area contributed by atoms with Crippen LogP contribution in [0.5, 0.6) is 5.75 Å². The number of anilines is 1. The van der Waals surface area contributed by atoms with Crippen LogP contribution in [-0.2, 0) is 14.8 Å². The van der Waals surface area contributed by atoms with Crippen LogP contribution in [0, 0.1) is 19.7 Å². The summed E-state index contributed by atoms with van der Waals surface area (Å²) >= 11 is 6.36. The lowest BCUT2D eigenvalue weighted by Gasteiger charge is -2.36. The van der Waals surface area contributed by atoms with E-state index in [1.807, 2.05) is 36.9 Å². The van der Waals surface area contributed by atoms with Crippen molar-refractivity contribution in [2.24, 2.45) is 0 Å². The Morgan fingerprint density at radius 1 is 0.841 bits per heavy atom. The average molecular weight is 643 g/mol. The summed E-state index contributed by atoms with van der Waals surface area (Å²) in [6.07, 6.45) is -0.680. The Kier molecular flexibility index (Phi) is 9.48. The number of hydrogen-bond acceptors (Lipinski definition) is 6. The van der Waals surface area contributed by atoms with E-state index in [1.54, 1.807) is 28.9 Å². The van der Waals surface area contributed by atoms with Gasteiger partial charge in [-0.3, -0.25) is 9.59 Å². The maximum atomic E-state index is 13.6. The van der Waals surface area contributed by atoms with Gasteiger partial charge in [-0.2, -0.15) is 4.31 Å². The first-order valence-electron chi connectivity index (χ1n) is 14.6. The van der Waals surface area contributed by atoms with Crippen LogP contribution >= 0.6 is 11.6 Å². The zero-order valence-corrected chi connectivity index (χ0v) is 26.6. The van der Waals surface area contributed by atoms with Gasteiger partial charge in [-0.1, -0.05) is 29.3 Å². The van der Waals surface area contributed by atoms with E-state index in [2.05, 4.69) is 0 Å². The number of rotatable bonds is 7. The van der Waals surface area contributed by atoms with E-state index in [0.29, 0.717) is 45.0 Å². The Hall–Kier alpha value is -3.67. The minimum Gasteiger partial charge on any atom is -0.481 e. The van der Waals surface area contributed by atoms with Crippen molar-refractivity contribution in [3.8, 4) is 5.75 Å². The van der Waals surface area contributed by atoms with E-state index in [1.165, 1.54) is 34.6 Å². The van der Waals surface area contributed by atoms with Gasteiger partial charge < -0.3 is 19.4 Å². The minimum atomic E-state index is -3.98.